The molecule has 17 heavy (non-hydrogen) atoms. The lowest BCUT2D eigenvalue weighted by molar-refractivity contribution is 0.748. The minimum atomic E-state index is 0.352. The molecule has 0 fully saturated rings. The van der Waals surface area contributed by atoms with Gasteiger partial charge in [0.15, 0.2) is 0 Å². The summed E-state index contributed by atoms with van der Waals surface area (Å²) in [5.41, 5.74) is 8.04. The van der Waals surface area contributed by atoms with Gasteiger partial charge in [-0.25, -0.2) is 4.98 Å². The fourth-order valence-corrected chi connectivity index (χ4v) is 2.74. The Morgan fingerprint density at radius 1 is 1.35 bits per heavy atom. The molecule has 1 unspecified atom stereocenters. The van der Waals surface area contributed by atoms with Gasteiger partial charge in [-0.2, -0.15) is 0 Å². The maximum Gasteiger partial charge on any atom is 0.0972 e. The molecule has 1 aromatic heterocycles. The molecule has 0 radical (unpaired) electrons. The van der Waals surface area contributed by atoms with E-state index in [9.17, 15) is 0 Å². The lowest BCUT2D eigenvalue weighted by atomic mass is 10.1. The largest absolute Gasteiger partial charge is 0.330 e. The maximum atomic E-state index is 5.64. The highest BCUT2D eigenvalue weighted by atomic mass is 79.9. The third kappa shape index (κ3) is 3.37. The smallest absolute Gasteiger partial charge is 0.0972 e. The number of halogens is 1. The van der Waals surface area contributed by atoms with Crippen LogP contribution in [0.2, 0.25) is 0 Å². The number of benzene rings is 1. The number of nitrogens with zero attached hydrogens (tertiary/aromatic N) is 1. The molecular weight excluding hydrogens is 296 g/mol. The van der Waals surface area contributed by atoms with Gasteiger partial charge in [0.25, 0.3) is 0 Å². The van der Waals surface area contributed by atoms with E-state index < -0.39 is 0 Å². The van der Waals surface area contributed by atoms with Crippen molar-refractivity contribution >= 4 is 27.3 Å². The Labute approximate surface area is 114 Å². The first-order chi connectivity index (χ1) is 8.19. The van der Waals surface area contributed by atoms with Gasteiger partial charge in [0.1, 0.15) is 0 Å². The van der Waals surface area contributed by atoms with Gasteiger partial charge in [-0.05, 0) is 17.7 Å². The number of hydrogen-bond donors (Lipinski definition) is 1. The lowest BCUT2D eigenvalue weighted by Crippen LogP contribution is -2.09. The summed E-state index contributed by atoms with van der Waals surface area (Å²) in [6.07, 6.45) is 0.898. The Balaban J connectivity index is 2.08. The van der Waals surface area contributed by atoms with Crippen LogP contribution in [0, 0.1) is 0 Å². The molecule has 1 heterocycles. The first kappa shape index (κ1) is 12.7. The molecule has 0 aliphatic carbocycles. The van der Waals surface area contributed by atoms with E-state index in [2.05, 4.69) is 57.5 Å². The van der Waals surface area contributed by atoms with Crippen molar-refractivity contribution in [3.8, 4) is 0 Å². The van der Waals surface area contributed by atoms with E-state index in [-0.39, 0.29) is 0 Å². The predicted octanol–water partition coefficient (Wildman–Crippen LogP) is 3.56. The molecular formula is C13H15BrN2S. The zero-order valence-corrected chi connectivity index (χ0v) is 12.1. The first-order valence-corrected chi connectivity index (χ1v) is 7.25. The van der Waals surface area contributed by atoms with Gasteiger partial charge in [-0.3, -0.25) is 0 Å². The highest BCUT2D eigenvalue weighted by Crippen LogP contribution is 2.20. The number of aromatic nitrogens is 1. The second-order valence-corrected chi connectivity index (χ2v) is 5.96. The molecule has 0 amide bonds. The van der Waals surface area contributed by atoms with Crippen LogP contribution in [0.4, 0.5) is 0 Å². The van der Waals surface area contributed by atoms with Crippen molar-refractivity contribution in [3.63, 3.8) is 0 Å². The lowest BCUT2D eigenvalue weighted by Gasteiger charge is -2.02. The molecule has 0 saturated heterocycles. The molecule has 1 atom stereocenters. The fourth-order valence-electron chi connectivity index (χ4n) is 1.53. The Morgan fingerprint density at radius 2 is 2.06 bits per heavy atom. The van der Waals surface area contributed by atoms with Crippen molar-refractivity contribution in [3.05, 3.63) is 50.4 Å². The molecule has 2 N–H and O–H groups in total. The van der Waals surface area contributed by atoms with E-state index in [1.807, 2.05) is 0 Å². The van der Waals surface area contributed by atoms with Crippen LogP contribution in [0.15, 0.2) is 34.1 Å². The molecule has 0 spiro atoms. The molecule has 0 saturated carbocycles. The van der Waals surface area contributed by atoms with Crippen LogP contribution in [0.25, 0.3) is 0 Å². The first-order valence-electron chi connectivity index (χ1n) is 5.58. The topological polar surface area (TPSA) is 38.9 Å². The molecule has 2 rings (SSSR count). The van der Waals surface area contributed by atoms with Crippen molar-refractivity contribution in [1.29, 1.82) is 0 Å². The molecule has 1 aromatic carbocycles. The highest BCUT2D eigenvalue weighted by Gasteiger charge is 2.08. The molecule has 0 aliphatic rings. The van der Waals surface area contributed by atoms with E-state index in [1.54, 1.807) is 11.3 Å². The molecule has 0 bridgehead atoms. The van der Waals surface area contributed by atoms with Crippen LogP contribution >= 0.6 is 27.3 Å². The van der Waals surface area contributed by atoms with Crippen LogP contribution in [-0.2, 0) is 6.42 Å². The van der Waals surface area contributed by atoms with Crippen molar-refractivity contribution in [1.82, 2.24) is 4.98 Å². The van der Waals surface area contributed by atoms with Crippen molar-refractivity contribution in [2.75, 3.05) is 6.54 Å². The molecule has 2 aromatic rings. The van der Waals surface area contributed by atoms with Gasteiger partial charge >= 0.3 is 0 Å². The van der Waals surface area contributed by atoms with Crippen molar-refractivity contribution in [2.24, 2.45) is 5.73 Å². The van der Waals surface area contributed by atoms with Gasteiger partial charge < -0.3 is 5.73 Å². The van der Waals surface area contributed by atoms with Gasteiger partial charge in [-0.15, -0.1) is 11.3 Å². The average Bonchev–Trinajstić information content (AvgIpc) is 2.80. The monoisotopic (exact) mass is 310 g/mol. The molecule has 90 valence electrons. The minimum absolute atomic E-state index is 0.352. The summed E-state index contributed by atoms with van der Waals surface area (Å²) in [6, 6.07) is 8.37. The van der Waals surface area contributed by atoms with Gasteiger partial charge in [0, 0.05) is 28.7 Å². The molecule has 4 heteroatoms. The summed E-state index contributed by atoms with van der Waals surface area (Å²) in [5, 5.41) is 3.27. The Morgan fingerprint density at radius 3 is 2.71 bits per heavy atom. The van der Waals surface area contributed by atoms with E-state index in [1.165, 1.54) is 5.56 Å². The van der Waals surface area contributed by atoms with Crippen LogP contribution in [0.3, 0.4) is 0 Å². The summed E-state index contributed by atoms with van der Waals surface area (Å²) in [4.78, 5) is 4.63. The SMILES string of the molecule is CC(CN)c1csc(Cc2ccc(Br)cc2)n1. The average molecular weight is 311 g/mol. The van der Waals surface area contributed by atoms with Crippen LogP contribution in [0.5, 0.6) is 0 Å². The number of nitrogens with two attached hydrogens (primary N) is 1. The normalized spacial score (nSPS) is 12.6. The second-order valence-electron chi connectivity index (χ2n) is 4.11. The quantitative estimate of drug-likeness (QED) is 0.937. The zero-order chi connectivity index (χ0) is 12.3. The van der Waals surface area contributed by atoms with E-state index in [0.29, 0.717) is 12.5 Å². The summed E-state index contributed by atoms with van der Waals surface area (Å²) < 4.78 is 1.11. The highest BCUT2D eigenvalue weighted by molar-refractivity contribution is 9.10. The molecule has 0 aliphatic heterocycles. The number of thiazole rings is 1. The summed E-state index contributed by atoms with van der Waals surface area (Å²) >= 11 is 5.15. The predicted molar refractivity (Wildman–Crippen MR) is 76.5 cm³/mol. The van der Waals surface area contributed by atoms with Crippen molar-refractivity contribution < 1.29 is 0 Å². The van der Waals surface area contributed by atoms with Gasteiger partial charge in [0.2, 0.25) is 0 Å². The van der Waals surface area contributed by atoms with E-state index in [0.717, 1.165) is 21.6 Å². The third-order valence-electron chi connectivity index (χ3n) is 2.70. The van der Waals surface area contributed by atoms with Crippen LogP contribution in [-0.4, -0.2) is 11.5 Å². The third-order valence-corrected chi connectivity index (χ3v) is 4.09. The van der Waals surface area contributed by atoms with Crippen LogP contribution in [0.1, 0.15) is 29.1 Å². The minimum Gasteiger partial charge on any atom is -0.330 e. The standard InChI is InChI=1S/C13H15BrN2S/c1-9(7-15)12-8-17-13(16-12)6-10-2-4-11(14)5-3-10/h2-5,8-9H,6-7,15H2,1H3. The second kappa shape index (κ2) is 5.76. The van der Waals surface area contributed by atoms with Crippen LogP contribution < -0.4 is 5.73 Å². The summed E-state index contributed by atoms with van der Waals surface area (Å²) in [7, 11) is 0. The van der Waals surface area contributed by atoms with E-state index in [4.69, 9.17) is 5.73 Å². The fraction of sp³-hybridized carbons (Fsp3) is 0.308. The Hall–Kier alpha value is -0.710. The van der Waals surface area contributed by atoms with Gasteiger partial charge in [-0.1, -0.05) is 35.0 Å². The van der Waals surface area contributed by atoms with E-state index >= 15 is 0 Å². The zero-order valence-electron chi connectivity index (χ0n) is 9.69. The summed E-state index contributed by atoms with van der Waals surface area (Å²) in [6.45, 7) is 2.76. The number of hydrogen-bond acceptors (Lipinski definition) is 3. The number of rotatable bonds is 4. The molecule has 2 nitrogen and oxygen atoms in total. The Bertz CT molecular complexity index is 478. The van der Waals surface area contributed by atoms with Gasteiger partial charge in [0.05, 0.1) is 10.7 Å². The maximum absolute atomic E-state index is 5.64. The Kier molecular flexibility index (Phi) is 4.31. The van der Waals surface area contributed by atoms with Crippen molar-refractivity contribution in [2.45, 2.75) is 19.3 Å². The summed E-state index contributed by atoms with van der Waals surface area (Å²) in [5.74, 6) is 0.352.